The third kappa shape index (κ3) is 3.27. The molecule has 1 fully saturated rings. The van der Waals surface area contributed by atoms with E-state index in [0.29, 0.717) is 34.9 Å². The Bertz CT molecular complexity index is 1020. The van der Waals surface area contributed by atoms with Crippen molar-refractivity contribution >= 4 is 28.1 Å². The van der Waals surface area contributed by atoms with Gasteiger partial charge in [-0.2, -0.15) is 13.2 Å². The van der Waals surface area contributed by atoms with Gasteiger partial charge in [0.2, 0.25) is 5.91 Å². The highest BCUT2D eigenvalue weighted by molar-refractivity contribution is 7.15. The number of nitrogens with one attached hydrogen (secondary N) is 2. The minimum Gasteiger partial charge on any atom is -0.354 e. The summed E-state index contributed by atoms with van der Waals surface area (Å²) in [5.74, 6) is -0.620. The number of amides is 2. The van der Waals surface area contributed by atoms with Gasteiger partial charge in [-0.1, -0.05) is 12.1 Å². The molecule has 10 heteroatoms. The Kier molecular flexibility index (Phi) is 4.14. The normalized spacial score (nSPS) is 17.3. The van der Waals surface area contributed by atoms with Crippen LogP contribution in [0.15, 0.2) is 35.8 Å². The van der Waals surface area contributed by atoms with Gasteiger partial charge in [-0.05, 0) is 18.6 Å². The fourth-order valence-electron chi connectivity index (χ4n) is 2.88. The summed E-state index contributed by atoms with van der Waals surface area (Å²) in [6, 6.07) is 4.12. The summed E-state index contributed by atoms with van der Waals surface area (Å²) in [5, 5.41) is 6.95. The molecular formula is C17H13F3N4O2S. The van der Waals surface area contributed by atoms with Crippen LogP contribution in [0.3, 0.4) is 0 Å². The molecule has 2 N–H and O–H groups in total. The molecular weight excluding hydrogens is 381 g/mol. The van der Waals surface area contributed by atoms with Gasteiger partial charge >= 0.3 is 6.18 Å². The standard InChI is InChI=1S/C17H13F3N4O2S/c18-17(19,20)10-3-1-9(2-4-10)12-7-24-13(8-27-16(24)23-12)15(26)22-11-5-6-21-14(11)25/h1-4,7-8,11H,5-6H2,(H,21,25)(H,22,26). The lowest BCUT2D eigenvalue weighted by atomic mass is 10.1. The topological polar surface area (TPSA) is 75.5 Å². The second-order valence-corrected chi connectivity index (χ2v) is 6.92. The van der Waals surface area contributed by atoms with Gasteiger partial charge in [0, 0.05) is 23.7 Å². The lowest BCUT2D eigenvalue weighted by molar-refractivity contribution is -0.137. The maximum Gasteiger partial charge on any atom is 0.416 e. The van der Waals surface area contributed by atoms with Crippen molar-refractivity contribution in [2.24, 2.45) is 0 Å². The lowest BCUT2D eigenvalue weighted by Gasteiger charge is -2.09. The summed E-state index contributed by atoms with van der Waals surface area (Å²) in [4.78, 5) is 29.0. The Labute approximate surface area is 155 Å². The average Bonchev–Trinajstić information content (AvgIpc) is 3.30. The first-order valence-corrected chi connectivity index (χ1v) is 8.94. The van der Waals surface area contributed by atoms with Gasteiger partial charge in [-0.3, -0.25) is 14.0 Å². The molecule has 2 amide bonds. The van der Waals surface area contributed by atoms with Gasteiger partial charge in [0.25, 0.3) is 5.91 Å². The number of halogens is 3. The van der Waals surface area contributed by atoms with Crippen LogP contribution in [-0.4, -0.2) is 33.8 Å². The van der Waals surface area contributed by atoms with Crippen molar-refractivity contribution in [2.75, 3.05) is 6.54 Å². The number of benzene rings is 1. The van der Waals surface area contributed by atoms with Gasteiger partial charge in [-0.25, -0.2) is 4.98 Å². The molecule has 0 bridgehead atoms. The summed E-state index contributed by atoms with van der Waals surface area (Å²) in [5.41, 5.74) is 0.561. The molecule has 0 aliphatic carbocycles. The number of imidazole rings is 1. The van der Waals surface area contributed by atoms with Crippen molar-refractivity contribution in [1.29, 1.82) is 0 Å². The van der Waals surface area contributed by atoms with Crippen LogP contribution in [0.25, 0.3) is 16.2 Å². The Hall–Kier alpha value is -2.88. The third-order valence-corrected chi connectivity index (χ3v) is 5.14. The highest BCUT2D eigenvalue weighted by atomic mass is 32.1. The van der Waals surface area contributed by atoms with E-state index in [9.17, 15) is 22.8 Å². The number of fused-ring (bicyclic) bond motifs is 1. The van der Waals surface area contributed by atoms with E-state index in [0.717, 1.165) is 12.1 Å². The van der Waals surface area contributed by atoms with E-state index < -0.39 is 23.7 Å². The summed E-state index contributed by atoms with van der Waals surface area (Å²) in [6.45, 7) is 0.520. The predicted molar refractivity (Wildman–Crippen MR) is 92.4 cm³/mol. The maximum atomic E-state index is 12.7. The molecule has 140 valence electrons. The first-order chi connectivity index (χ1) is 12.8. The Morgan fingerprint density at radius 2 is 2.04 bits per heavy atom. The summed E-state index contributed by atoms with van der Waals surface area (Å²) in [7, 11) is 0. The summed E-state index contributed by atoms with van der Waals surface area (Å²) >= 11 is 1.23. The van der Waals surface area contributed by atoms with Crippen LogP contribution < -0.4 is 10.6 Å². The number of thiazole rings is 1. The fourth-order valence-corrected chi connectivity index (χ4v) is 3.73. The Balaban J connectivity index is 1.60. The second kappa shape index (κ2) is 6.38. The molecule has 6 nitrogen and oxygen atoms in total. The van der Waals surface area contributed by atoms with E-state index >= 15 is 0 Å². The average molecular weight is 394 g/mol. The molecule has 0 saturated carbocycles. The van der Waals surface area contributed by atoms with Crippen molar-refractivity contribution in [2.45, 2.75) is 18.6 Å². The largest absolute Gasteiger partial charge is 0.416 e. The van der Waals surface area contributed by atoms with Crippen molar-refractivity contribution in [1.82, 2.24) is 20.0 Å². The predicted octanol–water partition coefficient (Wildman–Crippen LogP) is 2.70. The number of alkyl halides is 3. The molecule has 3 heterocycles. The highest BCUT2D eigenvalue weighted by Gasteiger charge is 2.30. The molecule has 27 heavy (non-hydrogen) atoms. The van der Waals surface area contributed by atoms with E-state index in [1.165, 1.54) is 23.5 Å². The molecule has 1 aliphatic heterocycles. The summed E-state index contributed by atoms with van der Waals surface area (Å²) < 4.78 is 39.6. The van der Waals surface area contributed by atoms with Crippen molar-refractivity contribution < 1.29 is 22.8 Å². The van der Waals surface area contributed by atoms with Crippen LogP contribution in [0, 0.1) is 0 Å². The van der Waals surface area contributed by atoms with E-state index in [-0.39, 0.29) is 5.91 Å². The van der Waals surface area contributed by atoms with Crippen LogP contribution in [-0.2, 0) is 11.0 Å². The molecule has 0 spiro atoms. The third-order valence-electron chi connectivity index (χ3n) is 4.30. The van der Waals surface area contributed by atoms with Crippen molar-refractivity contribution in [3.05, 3.63) is 47.1 Å². The van der Waals surface area contributed by atoms with Crippen molar-refractivity contribution in [3.8, 4) is 11.3 Å². The molecule has 1 aliphatic rings. The number of carbonyl (C=O) groups is 2. The molecule has 3 aromatic rings. The lowest BCUT2D eigenvalue weighted by Crippen LogP contribution is -2.40. The molecule has 1 unspecified atom stereocenters. The molecule has 0 radical (unpaired) electrons. The quantitative estimate of drug-likeness (QED) is 0.717. The maximum absolute atomic E-state index is 12.7. The number of carbonyl (C=O) groups excluding carboxylic acids is 2. The molecule has 1 aromatic carbocycles. The number of nitrogens with zero attached hydrogens (tertiary/aromatic N) is 2. The minimum absolute atomic E-state index is 0.217. The molecule has 1 atom stereocenters. The fraction of sp³-hybridized carbons (Fsp3) is 0.235. The minimum atomic E-state index is -4.40. The number of hydrogen-bond acceptors (Lipinski definition) is 4. The summed E-state index contributed by atoms with van der Waals surface area (Å²) in [6.07, 6.45) is -2.28. The van der Waals surface area contributed by atoms with E-state index in [1.54, 1.807) is 16.0 Å². The first-order valence-electron chi connectivity index (χ1n) is 8.06. The van der Waals surface area contributed by atoms with Gasteiger partial charge in [-0.15, -0.1) is 11.3 Å². The van der Waals surface area contributed by atoms with Gasteiger partial charge in [0.15, 0.2) is 4.96 Å². The van der Waals surface area contributed by atoms with E-state index in [4.69, 9.17) is 0 Å². The van der Waals surface area contributed by atoms with E-state index in [1.807, 2.05) is 0 Å². The zero-order chi connectivity index (χ0) is 19.2. The van der Waals surface area contributed by atoms with Crippen LogP contribution >= 0.6 is 11.3 Å². The van der Waals surface area contributed by atoms with E-state index in [2.05, 4.69) is 15.6 Å². The monoisotopic (exact) mass is 394 g/mol. The number of rotatable bonds is 3. The number of aromatic nitrogens is 2. The molecule has 1 saturated heterocycles. The number of hydrogen-bond donors (Lipinski definition) is 2. The van der Waals surface area contributed by atoms with Gasteiger partial charge < -0.3 is 10.6 Å². The van der Waals surface area contributed by atoms with Crippen LogP contribution in [0.2, 0.25) is 0 Å². The van der Waals surface area contributed by atoms with Crippen LogP contribution in [0.4, 0.5) is 13.2 Å². The molecule has 2 aromatic heterocycles. The zero-order valence-electron chi connectivity index (χ0n) is 13.7. The smallest absolute Gasteiger partial charge is 0.354 e. The van der Waals surface area contributed by atoms with Crippen LogP contribution in [0.5, 0.6) is 0 Å². The van der Waals surface area contributed by atoms with Crippen LogP contribution in [0.1, 0.15) is 22.5 Å². The SMILES string of the molecule is O=C(NC1CCNC1=O)c1csc2nc(-c3ccc(C(F)(F)F)cc3)cn12. The van der Waals surface area contributed by atoms with Gasteiger partial charge in [0.05, 0.1) is 11.3 Å². The van der Waals surface area contributed by atoms with Crippen molar-refractivity contribution in [3.63, 3.8) is 0 Å². The second-order valence-electron chi connectivity index (χ2n) is 6.08. The first kappa shape index (κ1) is 17.5. The highest BCUT2D eigenvalue weighted by Crippen LogP contribution is 2.31. The molecule has 4 rings (SSSR count). The Morgan fingerprint density at radius 3 is 2.67 bits per heavy atom. The van der Waals surface area contributed by atoms with Gasteiger partial charge in [0.1, 0.15) is 11.7 Å². The zero-order valence-corrected chi connectivity index (χ0v) is 14.5. The Morgan fingerprint density at radius 1 is 1.30 bits per heavy atom.